The summed E-state index contributed by atoms with van der Waals surface area (Å²) in [5.41, 5.74) is 2.48. The number of thiophene rings is 1. The Morgan fingerprint density at radius 2 is 2.23 bits per heavy atom. The summed E-state index contributed by atoms with van der Waals surface area (Å²) in [6.07, 6.45) is 0. The average molecular weight is 316 g/mol. The number of hydrogen-bond acceptors (Lipinski definition) is 6. The number of aliphatic hydroxyl groups is 1. The van der Waals surface area contributed by atoms with Gasteiger partial charge in [0.25, 0.3) is 5.69 Å². The molecule has 0 spiro atoms. The third-order valence-corrected chi connectivity index (χ3v) is 4.15. The molecule has 0 aliphatic carbocycles. The zero-order valence-corrected chi connectivity index (χ0v) is 12.4. The average Bonchev–Trinajstić information content (AvgIpc) is 3.15. The molecular formula is C14H12N4O3S. The molecule has 0 aliphatic rings. The summed E-state index contributed by atoms with van der Waals surface area (Å²) < 4.78 is 1.54. The van der Waals surface area contributed by atoms with E-state index in [9.17, 15) is 15.2 Å². The van der Waals surface area contributed by atoms with E-state index >= 15 is 0 Å². The number of nitro groups is 1. The number of aryl methyl sites for hydroxylation is 1. The van der Waals surface area contributed by atoms with Crippen molar-refractivity contribution in [2.75, 3.05) is 0 Å². The largest absolute Gasteiger partial charge is 0.390 e. The number of nitrogens with zero attached hydrogens (tertiary/aromatic N) is 4. The normalized spacial score (nSPS) is 10.8. The second-order valence-electron chi connectivity index (χ2n) is 4.66. The van der Waals surface area contributed by atoms with Crippen molar-refractivity contribution in [1.82, 2.24) is 15.0 Å². The van der Waals surface area contributed by atoms with Crippen molar-refractivity contribution < 1.29 is 10.0 Å². The minimum Gasteiger partial charge on any atom is -0.390 e. The van der Waals surface area contributed by atoms with E-state index in [-0.39, 0.29) is 12.3 Å². The molecule has 3 aromatic rings. The predicted molar refractivity (Wildman–Crippen MR) is 82.0 cm³/mol. The molecule has 0 saturated carbocycles. The van der Waals surface area contributed by atoms with Crippen LogP contribution in [0.25, 0.3) is 16.3 Å². The lowest BCUT2D eigenvalue weighted by atomic mass is 10.1. The van der Waals surface area contributed by atoms with Crippen molar-refractivity contribution in [2.45, 2.75) is 13.5 Å². The second kappa shape index (κ2) is 5.66. The SMILES string of the molecule is Cc1ccc([N+](=O)[O-])cc1-n1nnc(CO)c1-c1cccs1. The molecule has 0 radical (unpaired) electrons. The molecule has 0 atom stereocenters. The summed E-state index contributed by atoms with van der Waals surface area (Å²) >= 11 is 1.49. The van der Waals surface area contributed by atoms with Gasteiger partial charge in [0.15, 0.2) is 0 Å². The fraction of sp³-hybridized carbons (Fsp3) is 0.143. The summed E-state index contributed by atoms with van der Waals surface area (Å²) in [6, 6.07) is 8.37. The number of aliphatic hydroxyl groups excluding tert-OH is 1. The van der Waals surface area contributed by atoms with Gasteiger partial charge in [-0.05, 0) is 23.9 Å². The van der Waals surface area contributed by atoms with Crippen molar-refractivity contribution in [3.05, 3.63) is 57.1 Å². The van der Waals surface area contributed by atoms with Crippen molar-refractivity contribution in [3.63, 3.8) is 0 Å². The first-order chi connectivity index (χ1) is 10.6. The highest BCUT2D eigenvalue weighted by Gasteiger charge is 2.19. The molecule has 0 aliphatic heterocycles. The second-order valence-corrected chi connectivity index (χ2v) is 5.61. The van der Waals surface area contributed by atoms with Crippen molar-refractivity contribution >= 4 is 17.0 Å². The van der Waals surface area contributed by atoms with Gasteiger partial charge >= 0.3 is 0 Å². The van der Waals surface area contributed by atoms with Gasteiger partial charge in [-0.25, -0.2) is 4.68 Å². The van der Waals surface area contributed by atoms with E-state index in [0.717, 1.165) is 10.4 Å². The minimum absolute atomic E-state index is 0.0150. The van der Waals surface area contributed by atoms with Gasteiger partial charge in [0.05, 0.1) is 22.1 Å². The first kappa shape index (κ1) is 14.4. The fourth-order valence-corrected chi connectivity index (χ4v) is 2.96. The van der Waals surface area contributed by atoms with E-state index in [1.165, 1.54) is 23.5 Å². The van der Waals surface area contributed by atoms with Crippen molar-refractivity contribution in [2.24, 2.45) is 0 Å². The lowest BCUT2D eigenvalue weighted by Crippen LogP contribution is -2.03. The van der Waals surface area contributed by atoms with Gasteiger partial charge in [0, 0.05) is 12.1 Å². The number of nitro benzene ring substituents is 1. The molecule has 1 N–H and O–H groups in total. The van der Waals surface area contributed by atoms with Gasteiger partial charge in [-0.2, -0.15) is 0 Å². The highest BCUT2D eigenvalue weighted by molar-refractivity contribution is 7.13. The first-order valence-electron chi connectivity index (χ1n) is 6.46. The molecule has 112 valence electrons. The van der Waals surface area contributed by atoms with Crippen LogP contribution in [-0.4, -0.2) is 25.0 Å². The molecule has 8 heteroatoms. The summed E-state index contributed by atoms with van der Waals surface area (Å²) in [5, 5.41) is 30.4. The van der Waals surface area contributed by atoms with E-state index < -0.39 is 4.92 Å². The molecule has 2 aromatic heterocycles. The molecular weight excluding hydrogens is 304 g/mol. The quantitative estimate of drug-likeness (QED) is 0.590. The Kier molecular flexibility index (Phi) is 3.70. The van der Waals surface area contributed by atoms with E-state index in [1.54, 1.807) is 10.7 Å². The molecule has 2 heterocycles. The van der Waals surface area contributed by atoms with Crippen LogP contribution >= 0.6 is 11.3 Å². The number of rotatable bonds is 4. The molecule has 0 amide bonds. The summed E-state index contributed by atoms with van der Waals surface area (Å²) in [6.45, 7) is 1.60. The van der Waals surface area contributed by atoms with Gasteiger partial charge < -0.3 is 5.11 Å². The third-order valence-electron chi connectivity index (χ3n) is 3.28. The van der Waals surface area contributed by atoms with Gasteiger partial charge in [0.2, 0.25) is 0 Å². The van der Waals surface area contributed by atoms with Crippen molar-refractivity contribution in [3.8, 4) is 16.3 Å². The maximum absolute atomic E-state index is 11.0. The van der Waals surface area contributed by atoms with Gasteiger partial charge in [-0.1, -0.05) is 17.3 Å². The summed E-state index contributed by atoms with van der Waals surface area (Å²) in [5.74, 6) is 0. The monoisotopic (exact) mass is 316 g/mol. The maximum atomic E-state index is 11.0. The Morgan fingerprint density at radius 1 is 1.41 bits per heavy atom. The Hall–Kier alpha value is -2.58. The minimum atomic E-state index is -0.447. The predicted octanol–water partition coefficient (Wildman–Crippen LogP) is 2.70. The van der Waals surface area contributed by atoms with E-state index in [1.807, 2.05) is 24.4 Å². The number of benzene rings is 1. The molecule has 0 fully saturated rings. The topological polar surface area (TPSA) is 94.1 Å². The van der Waals surface area contributed by atoms with Crippen LogP contribution in [0.3, 0.4) is 0 Å². The Morgan fingerprint density at radius 3 is 2.86 bits per heavy atom. The number of hydrogen-bond donors (Lipinski definition) is 1. The highest BCUT2D eigenvalue weighted by atomic mass is 32.1. The van der Waals surface area contributed by atoms with Crippen LogP contribution in [0.5, 0.6) is 0 Å². The number of non-ortho nitro benzene ring substituents is 1. The lowest BCUT2D eigenvalue weighted by Gasteiger charge is -2.09. The Balaban J connectivity index is 2.23. The van der Waals surface area contributed by atoms with Gasteiger partial charge in [0.1, 0.15) is 11.4 Å². The standard InChI is InChI=1S/C14H12N4O3S/c1-9-4-5-10(18(20)21)7-12(9)17-14(11(8-19)15-16-17)13-3-2-6-22-13/h2-7,19H,8H2,1H3. The van der Waals surface area contributed by atoms with Gasteiger partial charge in [-0.15, -0.1) is 16.4 Å². The number of aromatic nitrogens is 3. The van der Waals surface area contributed by atoms with E-state index in [4.69, 9.17) is 0 Å². The lowest BCUT2D eigenvalue weighted by molar-refractivity contribution is -0.384. The summed E-state index contributed by atoms with van der Waals surface area (Å²) in [7, 11) is 0. The molecule has 0 saturated heterocycles. The smallest absolute Gasteiger partial charge is 0.271 e. The van der Waals surface area contributed by atoms with Crippen LogP contribution in [0.15, 0.2) is 35.7 Å². The summed E-state index contributed by atoms with van der Waals surface area (Å²) in [4.78, 5) is 11.4. The van der Waals surface area contributed by atoms with Crippen LogP contribution in [-0.2, 0) is 6.61 Å². The molecule has 3 rings (SSSR count). The zero-order valence-electron chi connectivity index (χ0n) is 11.6. The molecule has 22 heavy (non-hydrogen) atoms. The maximum Gasteiger partial charge on any atom is 0.271 e. The first-order valence-corrected chi connectivity index (χ1v) is 7.34. The third kappa shape index (κ3) is 2.38. The van der Waals surface area contributed by atoms with E-state index in [2.05, 4.69) is 10.3 Å². The zero-order chi connectivity index (χ0) is 15.7. The van der Waals surface area contributed by atoms with Crippen LogP contribution in [0, 0.1) is 17.0 Å². The van der Waals surface area contributed by atoms with Gasteiger partial charge in [-0.3, -0.25) is 10.1 Å². The molecule has 1 aromatic carbocycles. The van der Waals surface area contributed by atoms with Crippen LogP contribution in [0.4, 0.5) is 5.69 Å². The van der Waals surface area contributed by atoms with E-state index in [0.29, 0.717) is 17.1 Å². The van der Waals surface area contributed by atoms with Crippen LogP contribution in [0.1, 0.15) is 11.3 Å². The highest BCUT2D eigenvalue weighted by Crippen LogP contribution is 2.31. The molecule has 0 unspecified atom stereocenters. The Bertz CT molecular complexity index is 827. The van der Waals surface area contributed by atoms with Crippen LogP contribution < -0.4 is 0 Å². The Labute approximate surface area is 129 Å². The fourth-order valence-electron chi connectivity index (χ4n) is 2.19. The van der Waals surface area contributed by atoms with Crippen molar-refractivity contribution in [1.29, 1.82) is 0 Å². The van der Waals surface area contributed by atoms with Crippen LogP contribution in [0.2, 0.25) is 0 Å². The molecule has 0 bridgehead atoms. The molecule has 7 nitrogen and oxygen atoms in total.